The van der Waals surface area contributed by atoms with E-state index in [9.17, 15) is 0 Å². The van der Waals surface area contributed by atoms with E-state index in [-0.39, 0.29) is 0 Å². The molecule has 4 heteroatoms. The summed E-state index contributed by atoms with van der Waals surface area (Å²) in [6.07, 6.45) is 4.67. The van der Waals surface area contributed by atoms with Crippen LogP contribution in [-0.4, -0.2) is 21.5 Å². The van der Waals surface area contributed by atoms with Gasteiger partial charge in [-0.25, -0.2) is 0 Å². The Bertz CT molecular complexity index is 477. The molecule has 0 radical (unpaired) electrons. The van der Waals surface area contributed by atoms with Gasteiger partial charge in [-0.3, -0.25) is 4.68 Å². The van der Waals surface area contributed by atoms with Crippen LogP contribution >= 0.6 is 0 Å². The van der Waals surface area contributed by atoms with Crippen molar-refractivity contribution in [1.29, 1.82) is 0 Å². The minimum absolute atomic E-state index is 0.916. The van der Waals surface area contributed by atoms with Gasteiger partial charge >= 0.3 is 0 Å². The predicted molar refractivity (Wildman–Crippen MR) is 72.3 cm³/mol. The lowest BCUT2D eigenvalue weighted by Gasteiger charge is -2.09. The van der Waals surface area contributed by atoms with E-state index in [1.165, 1.54) is 16.7 Å². The van der Waals surface area contributed by atoms with Crippen molar-refractivity contribution in [3.05, 3.63) is 47.3 Å². The minimum atomic E-state index is 0.916. The predicted octanol–water partition coefficient (Wildman–Crippen LogP) is 2.07. The highest BCUT2D eigenvalue weighted by atomic mass is 15.4. The molecule has 0 saturated carbocycles. The fraction of sp³-hybridized carbons (Fsp3) is 0.429. The molecule has 1 aromatic heterocycles. The standard InChI is InChI=1S/C14H20N4/c1-12-5-3-6-14(13(12)2)11-15-7-4-9-18-10-8-16-17-18/h3,5-6,8,10,15H,4,7,9,11H2,1-2H3. The van der Waals surface area contributed by atoms with Crippen LogP contribution in [0.1, 0.15) is 23.1 Å². The average molecular weight is 244 g/mol. The minimum Gasteiger partial charge on any atom is -0.313 e. The molecule has 96 valence electrons. The zero-order valence-corrected chi connectivity index (χ0v) is 11.1. The molecule has 0 spiro atoms. The van der Waals surface area contributed by atoms with Crippen molar-refractivity contribution in [2.45, 2.75) is 33.4 Å². The Morgan fingerprint density at radius 2 is 2.17 bits per heavy atom. The molecule has 4 nitrogen and oxygen atoms in total. The molecule has 2 rings (SSSR count). The van der Waals surface area contributed by atoms with Gasteiger partial charge in [0.2, 0.25) is 0 Å². The summed E-state index contributed by atoms with van der Waals surface area (Å²) in [5.74, 6) is 0. The zero-order valence-electron chi connectivity index (χ0n) is 11.1. The number of benzene rings is 1. The molecular formula is C14H20N4. The van der Waals surface area contributed by atoms with Crippen molar-refractivity contribution in [2.24, 2.45) is 0 Å². The van der Waals surface area contributed by atoms with Gasteiger partial charge in [0.25, 0.3) is 0 Å². The fourth-order valence-electron chi connectivity index (χ4n) is 1.94. The van der Waals surface area contributed by atoms with Crippen LogP contribution in [0.4, 0.5) is 0 Å². The number of aryl methyl sites for hydroxylation is 2. The van der Waals surface area contributed by atoms with Gasteiger partial charge in [0.15, 0.2) is 0 Å². The van der Waals surface area contributed by atoms with Crippen LogP contribution in [0.5, 0.6) is 0 Å². The van der Waals surface area contributed by atoms with Gasteiger partial charge in [-0.05, 0) is 43.5 Å². The molecule has 1 N–H and O–H groups in total. The number of hydrogen-bond donors (Lipinski definition) is 1. The summed E-state index contributed by atoms with van der Waals surface area (Å²) in [4.78, 5) is 0. The highest BCUT2D eigenvalue weighted by Crippen LogP contribution is 2.12. The normalized spacial score (nSPS) is 10.8. The molecule has 1 heterocycles. The zero-order chi connectivity index (χ0) is 12.8. The van der Waals surface area contributed by atoms with E-state index < -0.39 is 0 Å². The van der Waals surface area contributed by atoms with E-state index in [4.69, 9.17) is 0 Å². The summed E-state index contributed by atoms with van der Waals surface area (Å²) < 4.78 is 1.86. The molecule has 0 aliphatic carbocycles. The lowest BCUT2D eigenvalue weighted by Crippen LogP contribution is -2.17. The van der Waals surface area contributed by atoms with Gasteiger partial charge in [-0.15, -0.1) is 5.10 Å². The fourth-order valence-corrected chi connectivity index (χ4v) is 1.94. The van der Waals surface area contributed by atoms with Crippen LogP contribution in [-0.2, 0) is 13.1 Å². The van der Waals surface area contributed by atoms with Crippen molar-refractivity contribution < 1.29 is 0 Å². The van der Waals surface area contributed by atoms with Crippen molar-refractivity contribution >= 4 is 0 Å². The maximum absolute atomic E-state index is 3.94. The van der Waals surface area contributed by atoms with Gasteiger partial charge in [-0.1, -0.05) is 23.4 Å². The Kier molecular flexibility index (Phi) is 4.47. The van der Waals surface area contributed by atoms with E-state index in [1.54, 1.807) is 6.20 Å². The van der Waals surface area contributed by atoms with Gasteiger partial charge < -0.3 is 5.32 Å². The number of aromatic nitrogens is 3. The van der Waals surface area contributed by atoms with Crippen LogP contribution in [0.2, 0.25) is 0 Å². The van der Waals surface area contributed by atoms with E-state index >= 15 is 0 Å². The molecule has 0 aliphatic heterocycles. The number of rotatable bonds is 6. The average Bonchev–Trinajstić information content (AvgIpc) is 2.87. The first-order chi connectivity index (χ1) is 8.77. The summed E-state index contributed by atoms with van der Waals surface area (Å²) >= 11 is 0. The van der Waals surface area contributed by atoms with Crippen LogP contribution < -0.4 is 5.32 Å². The summed E-state index contributed by atoms with van der Waals surface area (Å²) in [5, 5.41) is 11.2. The highest BCUT2D eigenvalue weighted by Gasteiger charge is 1.99. The van der Waals surface area contributed by atoms with Crippen LogP contribution in [0.15, 0.2) is 30.6 Å². The van der Waals surface area contributed by atoms with E-state index in [1.807, 2.05) is 10.9 Å². The Hall–Kier alpha value is -1.68. The van der Waals surface area contributed by atoms with Gasteiger partial charge in [-0.2, -0.15) is 0 Å². The molecular weight excluding hydrogens is 224 g/mol. The molecule has 18 heavy (non-hydrogen) atoms. The quantitative estimate of drug-likeness (QED) is 0.791. The third kappa shape index (κ3) is 3.40. The molecule has 2 aromatic rings. The lowest BCUT2D eigenvalue weighted by atomic mass is 10.0. The Balaban J connectivity index is 1.70. The number of nitrogens with zero attached hydrogens (tertiary/aromatic N) is 3. The van der Waals surface area contributed by atoms with Crippen LogP contribution in [0, 0.1) is 13.8 Å². The smallest absolute Gasteiger partial charge is 0.0692 e. The van der Waals surface area contributed by atoms with Gasteiger partial charge in [0.05, 0.1) is 6.20 Å². The Morgan fingerprint density at radius 3 is 2.94 bits per heavy atom. The Morgan fingerprint density at radius 1 is 1.28 bits per heavy atom. The van der Waals surface area contributed by atoms with Gasteiger partial charge in [0, 0.05) is 19.3 Å². The van der Waals surface area contributed by atoms with Crippen LogP contribution in [0.25, 0.3) is 0 Å². The summed E-state index contributed by atoms with van der Waals surface area (Å²) in [6.45, 7) is 7.18. The van der Waals surface area contributed by atoms with E-state index in [0.29, 0.717) is 0 Å². The topological polar surface area (TPSA) is 42.7 Å². The molecule has 0 aliphatic rings. The molecule has 0 atom stereocenters. The lowest BCUT2D eigenvalue weighted by molar-refractivity contribution is 0.530. The summed E-state index contributed by atoms with van der Waals surface area (Å²) in [6, 6.07) is 6.46. The second kappa shape index (κ2) is 6.31. The van der Waals surface area contributed by atoms with E-state index in [2.05, 4.69) is 47.7 Å². The third-order valence-electron chi connectivity index (χ3n) is 3.24. The van der Waals surface area contributed by atoms with Crippen molar-refractivity contribution in [3.63, 3.8) is 0 Å². The number of hydrogen-bond acceptors (Lipinski definition) is 3. The molecule has 0 amide bonds. The second-order valence-electron chi connectivity index (χ2n) is 4.56. The third-order valence-corrected chi connectivity index (χ3v) is 3.24. The maximum atomic E-state index is 3.94. The first-order valence-electron chi connectivity index (χ1n) is 6.37. The second-order valence-corrected chi connectivity index (χ2v) is 4.56. The number of nitrogens with one attached hydrogen (secondary N) is 1. The molecule has 0 bridgehead atoms. The van der Waals surface area contributed by atoms with Gasteiger partial charge in [0.1, 0.15) is 0 Å². The monoisotopic (exact) mass is 244 g/mol. The van der Waals surface area contributed by atoms with Crippen LogP contribution in [0.3, 0.4) is 0 Å². The molecule has 1 aromatic carbocycles. The molecule has 0 fully saturated rings. The van der Waals surface area contributed by atoms with Crippen molar-refractivity contribution in [1.82, 2.24) is 20.3 Å². The highest BCUT2D eigenvalue weighted by molar-refractivity contribution is 5.32. The SMILES string of the molecule is Cc1cccc(CNCCCn2ccnn2)c1C. The summed E-state index contributed by atoms with van der Waals surface area (Å²) in [5.41, 5.74) is 4.13. The molecule has 0 saturated heterocycles. The first kappa shape index (κ1) is 12.8. The summed E-state index contributed by atoms with van der Waals surface area (Å²) in [7, 11) is 0. The largest absolute Gasteiger partial charge is 0.313 e. The molecule has 0 unspecified atom stereocenters. The van der Waals surface area contributed by atoms with Crippen molar-refractivity contribution in [2.75, 3.05) is 6.54 Å². The Labute approximate surface area is 108 Å². The first-order valence-corrected chi connectivity index (χ1v) is 6.37. The van der Waals surface area contributed by atoms with Crippen molar-refractivity contribution in [3.8, 4) is 0 Å². The van der Waals surface area contributed by atoms with E-state index in [0.717, 1.165) is 26.1 Å². The maximum Gasteiger partial charge on any atom is 0.0692 e.